The number of alkyl halides is 2. The van der Waals surface area contributed by atoms with Crippen molar-refractivity contribution in [1.82, 2.24) is 9.88 Å². The van der Waals surface area contributed by atoms with Crippen LogP contribution in [0.2, 0.25) is 0 Å². The van der Waals surface area contributed by atoms with E-state index in [1.54, 1.807) is 36.7 Å². The van der Waals surface area contributed by atoms with Gasteiger partial charge in [-0.3, -0.25) is 4.98 Å². The molecule has 1 aromatic heterocycles. The van der Waals surface area contributed by atoms with E-state index in [-0.39, 0.29) is 0 Å². The van der Waals surface area contributed by atoms with Crippen LogP contribution in [-0.4, -0.2) is 46.9 Å². The Hall–Kier alpha value is -1.93. The lowest BCUT2D eigenvalue weighted by Crippen LogP contribution is -2.50. The largest absolute Gasteiger partial charge is 0.368 e. The summed E-state index contributed by atoms with van der Waals surface area (Å²) in [5, 5.41) is 3.84. The zero-order valence-electron chi connectivity index (χ0n) is 13.4. The number of aromatic nitrogens is 1. The quantitative estimate of drug-likeness (QED) is 0.639. The number of nitrogens with zero attached hydrogens (tertiary/aromatic N) is 3. The molecule has 0 saturated carbocycles. The van der Waals surface area contributed by atoms with Crippen molar-refractivity contribution in [2.75, 3.05) is 36.4 Å². The number of halogens is 2. The van der Waals surface area contributed by atoms with E-state index >= 15 is 0 Å². The van der Waals surface area contributed by atoms with Gasteiger partial charge in [-0.2, -0.15) is 8.78 Å². The lowest BCUT2D eigenvalue weighted by Gasteiger charge is -2.37. The van der Waals surface area contributed by atoms with Crippen molar-refractivity contribution in [3.8, 4) is 0 Å². The highest BCUT2D eigenvalue weighted by atomic mass is 32.2. The Bertz CT molecular complexity index is 690. The second-order valence-corrected chi connectivity index (χ2v) is 6.96. The average Bonchev–Trinajstić information content (AvgIpc) is 2.64. The molecule has 0 radical (unpaired) electrons. The van der Waals surface area contributed by atoms with Crippen LogP contribution < -0.4 is 10.2 Å². The van der Waals surface area contributed by atoms with Crippen LogP contribution in [-0.2, 0) is 0 Å². The van der Waals surface area contributed by atoms with Crippen LogP contribution >= 0.6 is 24.0 Å². The molecule has 132 valence electrons. The van der Waals surface area contributed by atoms with Crippen molar-refractivity contribution in [2.24, 2.45) is 0 Å². The number of benzene rings is 1. The molecule has 8 heteroatoms. The molecular weight excluding hydrogens is 362 g/mol. The normalized spacial score (nSPS) is 14.7. The Kier molecular flexibility index (Phi) is 6.04. The van der Waals surface area contributed by atoms with Gasteiger partial charge in [0, 0.05) is 54.8 Å². The Morgan fingerprint density at radius 1 is 1.04 bits per heavy atom. The lowest BCUT2D eigenvalue weighted by atomic mass is 10.2. The Morgan fingerprint density at radius 2 is 1.68 bits per heavy atom. The summed E-state index contributed by atoms with van der Waals surface area (Å²) in [5.74, 6) is -2.41. The molecule has 25 heavy (non-hydrogen) atoms. The average molecular weight is 380 g/mol. The Morgan fingerprint density at radius 3 is 2.28 bits per heavy atom. The van der Waals surface area contributed by atoms with Crippen molar-refractivity contribution in [2.45, 2.75) is 10.7 Å². The summed E-state index contributed by atoms with van der Waals surface area (Å²) in [6.07, 6.45) is 3.59. The summed E-state index contributed by atoms with van der Waals surface area (Å²) in [4.78, 5) is 9.00. The molecule has 1 aromatic carbocycles. The number of thioether (sulfide) groups is 1. The van der Waals surface area contributed by atoms with Gasteiger partial charge in [-0.15, -0.1) is 0 Å². The Balaban J connectivity index is 1.51. The number of pyridine rings is 1. The highest BCUT2D eigenvalue weighted by molar-refractivity contribution is 7.99. The monoisotopic (exact) mass is 380 g/mol. The summed E-state index contributed by atoms with van der Waals surface area (Å²) in [7, 11) is 0. The van der Waals surface area contributed by atoms with Gasteiger partial charge in [0.05, 0.1) is 0 Å². The maximum Gasteiger partial charge on any atom is 0.288 e. The smallest absolute Gasteiger partial charge is 0.288 e. The van der Waals surface area contributed by atoms with Crippen LogP contribution in [0.4, 0.5) is 20.2 Å². The van der Waals surface area contributed by atoms with Gasteiger partial charge in [-0.25, -0.2) is 0 Å². The van der Waals surface area contributed by atoms with E-state index in [0.717, 1.165) is 31.9 Å². The topological polar surface area (TPSA) is 31.4 Å². The molecule has 0 unspecified atom stereocenters. The standard InChI is InChI=1S/C17H18F2N4S2/c18-16(19)25-15-3-1-13(2-4-15)21-17(24)23-11-9-22(10-12-23)14-5-7-20-8-6-14/h1-8,16H,9-12H2,(H,21,24). The van der Waals surface area contributed by atoms with Gasteiger partial charge >= 0.3 is 0 Å². The lowest BCUT2D eigenvalue weighted by molar-refractivity contribution is 0.252. The Labute approximate surface area is 155 Å². The second kappa shape index (κ2) is 8.44. The molecule has 0 aliphatic carbocycles. The van der Waals surface area contributed by atoms with E-state index < -0.39 is 5.76 Å². The first-order chi connectivity index (χ1) is 12.1. The van der Waals surface area contributed by atoms with Crippen LogP contribution in [0.5, 0.6) is 0 Å². The zero-order chi connectivity index (χ0) is 17.6. The van der Waals surface area contributed by atoms with Gasteiger partial charge in [0.1, 0.15) is 0 Å². The van der Waals surface area contributed by atoms with Gasteiger partial charge < -0.3 is 15.1 Å². The zero-order valence-corrected chi connectivity index (χ0v) is 15.1. The number of hydrogen-bond acceptors (Lipinski definition) is 4. The van der Waals surface area contributed by atoms with Gasteiger partial charge in [0.15, 0.2) is 5.11 Å². The predicted octanol–water partition coefficient (Wildman–Crippen LogP) is 3.92. The van der Waals surface area contributed by atoms with Gasteiger partial charge in [-0.05, 0) is 48.6 Å². The summed E-state index contributed by atoms with van der Waals surface area (Å²) < 4.78 is 24.7. The van der Waals surface area contributed by atoms with Crippen LogP contribution in [0, 0.1) is 0 Å². The van der Waals surface area contributed by atoms with Crippen LogP contribution in [0.1, 0.15) is 0 Å². The first-order valence-corrected chi connectivity index (χ1v) is 9.16. The predicted molar refractivity (Wildman–Crippen MR) is 103 cm³/mol. The molecule has 1 fully saturated rings. The molecule has 2 heterocycles. The molecule has 3 rings (SSSR count). The number of hydrogen-bond donors (Lipinski definition) is 1. The third-order valence-electron chi connectivity index (χ3n) is 3.93. The molecule has 4 nitrogen and oxygen atoms in total. The van der Waals surface area contributed by atoms with E-state index in [0.29, 0.717) is 21.8 Å². The van der Waals surface area contributed by atoms with Crippen LogP contribution in [0.3, 0.4) is 0 Å². The minimum atomic E-state index is -2.41. The molecule has 1 aliphatic rings. The van der Waals surface area contributed by atoms with Crippen molar-refractivity contribution in [3.05, 3.63) is 48.8 Å². The maximum atomic E-state index is 12.3. The number of rotatable bonds is 4. The molecule has 1 N–H and O–H groups in total. The molecule has 0 bridgehead atoms. The van der Waals surface area contributed by atoms with Crippen molar-refractivity contribution in [3.63, 3.8) is 0 Å². The molecule has 0 atom stereocenters. The minimum absolute atomic E-state index is 0.538. The SMILES string of the molecule is FC(F)Sc1ccc(NC(=S)N2CCN(c3ccncc3)CC2)cc1. The van der Waals surface area contributed by atoms with Crippen molar-refractivity contribution < 1.29 is 8.78 Å². The molecule has 1 saturated heterocycles. The second-order valence-electron chi connectivity index (χ2n) is 5.51. The maximum absolute atomic E-state index is 12.3. The summed E-state index contributed by atoms with van der Waals surface area (Å²) in [6.45, 7) is 3.42. The highest BCUT2D eigenvalue weighted by Gasteiger charge is 2.19. The first kappa shape index (κ1) is 17.9. The van der Waals surface area contributed by atoms with Gasteiger partial charge in [0.2, 0.25) is 0 Å². The summed E-state index contributed by atoms with van der Waals surface area (Å²) in [5.41, 5.74) is 1.97. The van der Waals surface area contributed by atoms with E-state index in [1.807, 2.05) is 12.1 Å². The van der Waals surface area contributed by atoms with E-state index in [4.69, 9.17) is 12.2 Å². The van der Waals surface area contributed by atoms with Gasteiger partial charge in [-0.1, -0.05) is 11.8 Å². The van der Waals surface area contributed by atoms with E-state index in [2.05, 4.69) is 20.1 Å². The molecule has 1 aliphatic heterocycles. The summed E-state index contributed by atoms with van der Waals surface area (Å²) in [6, 6.07) is 10.9. The third kappa shape index (κ3) is 5.02. The van der Waals surface area contributed by atoms with Crippen LogP contribution in [0.25, 0.3) is 0 Å². The number of piperazine rings is 1. The highest BCUT2D eigenvalue weighted by Crippen LogP contribution is 2.26. The molecule has 0 spiro atoms. The summed E-state index contributed by atoms with van der Waals surface area (Å²) >= 11 is 6.01. The van der Waals surface area contributed by atoms with E-state index in [9.17, 15) is 8.78 Å². The molecule has 0 amide bonds. The fourth-order valence-electron chi connectivity index (χ4n) is 2.64. The number of nitrogens with one attached hydrogen (secondary N) is 1. The van der Waals surface area contributed by atoms with Crippen molar-refractivity contribution in [1.29, 1.82) is 0 Å². The molecule has 2 aromatic rings. The minimum Gasteiger partial charge on any atom is -0.368 e. The van der Waals surface area contributed by atoms with Crippen molar-refractivity contribution >= 4 is 40.5 Å². The molecular formula is C17H18F2N4S2. The number of anilines is 2. The van der Waals surface area contributed by atoms with E-state index in [1.165, 1.54) is 5.69 Å². The fraction of sp³-hybridized carbons (Fsp3) is 0.294. The van der Waals surface area contributed by atoms with Crippen LogP contribution in [0.15, 0.2) is 53.7 Å². The van der Waals surface area contributed by atoms with Gasteiger partial charge in [0.25, 0.3) is 5.76 Å². The fourth-order valence-corrected chi connectivity index (χ4v) is 3.44. The first-order valence-electron chi connectivity index (χ1n) is 7.87. The third-order valence-corrected chi connectivity index (χ3v) is 5.01. The number of thiocarbonyl (C=S) groups is 1.